The lowest BCUT2D eigenvalue weighted by Gasteiger charge is -2.30. The highest BCUT2D eigenvalue weighted by Crippen LogP contribution is 2.28. The average molecular weight is 251 g/mol. The summed E-state index contributed by atoms with van der Waals surface area (Å²) in [6.45, 7) is 9.28. The summed E-state index contributed by atoms with van der Waals surface area (Å²) in [5.41, 5.74) is 6.68. The molecule has 1 fully saturated rings. The molecule has 0 radical (unpaired) electrons. The van der Waals surface area contributed by atoms with Crippen LogP contribution < -0.4 is 16.0 Å². The highest BCUT2D eigenvalue weighted by atomic mass is 16.5. The summed E-state index contributed by atoms with van der Waals surface area (Å²) in [4.78, 5) is 10.6. The van der Waals surface area contributed by atoms with E-state index in [-0.39, 0.29) is 5.54 Å². The summed E-state index contributed by atoms with van der Waals surface area (Å²) in [6, 6.07) is 0. The zero-order valence-corrected chi connectivity index (χ0v) is 11.2. The first kappa shape index (κ1) is 12.9. The third-order valence-corrected chi connectivity index (χ3v) is 2.67. The Balaban J connectivity index is 2.23. The van der Waals surface area contributed by atoms with E-state index in [0.717, 1.165) is 18.9 Å². The lowest BCUT2D eigenvalue weighted by Crippen LogP contribution is -2.37. The molecule has 1 aliphatic rings. The highest BCUT2D eigenvalue weighted by Gasteiger charge is 2.19. The number of nitrogens with two attached hydrogens (primary N) is 1. The molecule has 0 atom stereocenters. The van der Waals surface area contributed by atoms with E-state index in [1.165, 1.54) is 0 Å². The predicted molar refractivity (Wildman–Crippen MR) is 72.9 cm³/mol. The first-order valence-corrected chi connectivity index (χ1v) is 6.19. The van der Waals surface area contributed by atoms with E-state index in [9.17, 15) is 0 Å². The third-order valence-electron chi connectivity index (χ3n) is 2.67. The molecule has 1 aromatic heterocycles. The van der Waals surface area contributed by atoms with Crippen LogP contribution in [0.3, 0.4) is 0 Å². The largest absolute Gasteiger partial charge is 0.393 e. The molecule has 0 aliphatic carbocycles. The number of hydrogen-bond donors (Lipinski definition) is 2. The number of nitrogens with one attached hydrogen (secondary N) is 1. The summed E-state index contributed by atoms with van der Waals surface area (Å²) in [5.74, 6) is 1.49. The van der Waals surface area contributed by atoms with E-state index in [2.05, 4.69) is 41.0 Å². The van der Waals surface area contributed by atoms with Crippen LogP contribution in [0.25, 0.3) is 0 Å². The lowest BCUT2D eigenvalue weighted by molar-refractivity contribution is 0.122. The Kier molecular flexibility index (Phi) is 3.56. The molecule has 0 spiro atoms. The highest BCUT2D eigenvalue weighted by molar-refractivity contribution is 5.75. The second-order valence-electron chi connectivity index (χ2n) is 5.43. The molecule has 2 rings (SSSR count). The van der Waals surface area contributed by atoms with Crippen LogP contribution in [0.1, 0.15) is 20.8 Å². The summed E-state index contributed by atoms with van der Waals surface area (Å²) in [5, 5.41) is 3.29. The minimum atomic E-state index is -0.0786. The number of ether oxygens (including phenoxy) is 1. The van der Waals surface area contributed by atoms with Gasteiger partial charge in [0.2, 0.25) is 0 Å². The van der Waals surface area contributed by atoms with Gasteiger partial charge in [-0.1, -0.05) is 0 Å². The van der Waals surface area contributed by atoms with E-state index in [1.54, 1.807) is 6.33 Å². The Hall–Kier alpha value is -1.56. The van der Waals surface area contributed by atoms with Gasteiger partial charge in [-0.15, -0.1) is 0 Å². The van der Waals surface area contributed by atoms with E-state index in [4.69, 9.17) is 10.5 Å². The molecule has 0 amide bonds. The fraction of sp³-hybridized carbons (Fsp3) is 0.667. The number of nitrogens with zero attached hydrogens (tertiary/aromatic N) is 3. The van der Waals surface area contributed by atoms with Gasteiger partial charge in [0.1, 0.15) is 12.0 Å². The van der Waals surface area contributed by atoms with E-state index < -0.39 is 0 Å². The fourth-order valence-corrected chi connectivity index (χ4v) is 1.87. The maximum absolute atomic E-state index is 6.15. The van der Waals surface area contributed by atoms with Crippen molar-refractivity contribution in [3.8, 4) is 0 Å². The summed E-state index contributed by atoms with van der Waals surface area (Å²) < 4.78 is 5.33. The van der Waals surface area contributed by atoms with Crippen molar-refractivity contribution in [2.75, 3.05) is 42.3 Å². The van der Waals surface area contributed by atoms with E-state index >= 15 is 0 Å². The van der Waals surface area contributed by atoms with Crippen LogP contribution in [0, 0.1) is 0 Å². The number of aromatic nitrogens is 2. The normalized spacial score (nSPS) is 16.7. The van der Waals surface area contributed by atoms with Crippen molar-refractivity contribution in [2.24, 2.45) is 0 Å². The Labute approximate surface area is 108 Å². The molecule has 1 saturated heterocycles. The lowest BCUT2D eigenvalue weighted by atomic mass is 10.1. The molecule has 6 nitrogen and oxygen atoms in total. The topological polar surface area (TPSA) is 76.3 Å². The minimum absolute atomic E-state index is 0.0786. The van der Waals surface area contributed by atoms with Gasteiger partial charge in [0.15, 0.2) is 11.6 Å². The Morgan fingerprint density at radius 2 is 1.94 bits per heavy atom. The molecular formula is C12H21N5O. The first-order valence-electron chi connectivity index (χ1n) is 6.19. The average Bonchev–Trinajstić information content (AvgIpc) is 2.31. The van der Waals surface area contributed by atoms with E-state index in [0.29, 0.717) is 24.7 Å². The summed E-state index contributed by atoms with van der Waals surface area (Å²) >= 11 is 0. The maximum Gasteiger partial charge on any atom is 0.157 e. The van der Waals surface area contributed by atoms with Crippen molar-refractivity contribution in [3.63, 3.8) is 0 Å². The van der Waals surface area contributed by atoms with Gasteiger partial charge in [0, 0.05) is 18.6 Å². The predicted octanol–water partition coefficient (Wildman–Crippen LogP) is 1.11. The number of hydrogen-bond acceptors (Lipinski definition) is 6. The van der Waals surface area contributed by atoms with Gasteiger partial charge >= 0.3 is 0 Å². The summed E-state index contributed by atoms with van der Waals surface area (Å²) in [7, 11) is 0. The van der Waals surface area contributed by atoms with Gasteiger partial charge < -0.3 is 20.7 Å². The van der Waals surface area contributed by atoms with Crippen LogP contribution >= 0.6 is 0 Å². The molecule has 0 bridgehead atoms. The minimum Gasteiger partial charge on any atom is -0.393 e. The van der Waals surface area contributed by atoms with Gasteiger partial charge in [0.25, 0.3) is 0 Å². The quantitative estimate of drug-likeness (QED) is 0.820. The van der Waals surface area contributed by atoms with Crippen molar-refractivity contribution in [1.82, 2.24) is 9.97 Å². The number of anilines is 3. The zero-order chi connectivity index (χ0) is 13.2. The second kappa shape index (κ2) is 4.97. The van der Waals surface area contributed by atoms with Crippen molar-refractivity contribution in [2.45, 2.75) is 26.3 Å². The fourth-order valence-electron chi connectivity index (χ4n) is 1.87. The molecule has 18 heavy (non-hydrogen) atoms. The SMILES string of the molecule is CC(C)(C)Nc1ncnc(N2CCOCC2)c1N. The van der Waals surface area contributed by atoms with E-state index in [1.807, 2.05) is 0 Å². The van der Waals surface area contributed by atoms with Crippen molar-refractivity contribution < 1.29 is 4.74 Å². The standard InChI is InChI=1S/C12H21N5O/c1-12(2,3)16-10-9(13)11(15-8-14-10)17-4-6-18-7-5-17/h8H,4-7,13H2,1-3H3,(H,14,15,16). The van der Waals surface area contributed by atoms with Crippen molar-refractivity contribution >= 4 is 17.3 Å². The van der Waals surface area contributed by atoms with Crippen LogP contribution in [0.5, 0.6) is 0 Å². The smallest absolute Gasteiger partial charge is 0.157 e. The molecule has 100 valence electrons. The molecule has 2 heterocycles. The second-order valence-corrected chi connectivity index (χ2v) is 5.43. The van der Waals surface area contributed by atoms with Crippen LogP contribution in [0.2, 0.25) is 0 Å². The van der Waals surface area contributed by atoms with Crippen molar-refractivity contribution in [1.29, 1.82) is 0 Å². The Morgan fingerprint density at radius 1 is 1.28 bits per heavy atom. The monoisotopic (exact) mass is 251 g/mol. The van der Waals surface area contributed by atoms with Crippen LogP contribution in [0.4, 0.5) is 17.3 Å². The van der Waals surface area contributed by atoms with Gasteiger partial charge in [-0.2, -0.15) is 0 Å². The van der Waals surface area contributed by atoms with Crippen LogP contribution in [-0.4, -0.2) is 41.8 Å². The van der Waals surface area contributed by atoms with Crippen LogP contribution in [-0.2, 0) is 4.74 Å². The molecule has 0 saturated carbocycles. The van der Waals surface area contributed by atoms with Crippen LogP contribution in [0.15, 0.2) is 6.33 Å². The maximum atomic E-state index is 6.15. The molecule has 1 aromatic rings. The number of nitrogen functional groups attached to an aromatic ring is 1. The molecule has 0 aromatic carbocycles. The first-order chi connectivity index (χ1) is 8.47. The van der Waals surface area contributed by atoms with Gasteiger partial charge in [-0.3, -0.25) is 0 Å². The molecule has 1 aliphatic heterocycles. The molecule has 0 unspecified atom stereocenters. The van der Waals surface area contributed by atoms with Gasteiger partial charge in [-0.25, -0.2) is 9.97 Å². The molecule has 3 N–H and O–H groups in total. The zero-order valence-electron chi connectivity index (χ0n) is 11.2. The molecular weight excluding hydrogens is 230 g/mol. The number of rotatable bonds is 2. The third kappa shape index (κ3) is 3.01. The Morgan fingerprint density at radius 3 is 2.56 bits per heavy atom. The Bertz CT molecular complexity index is 409. The molecule has 6 heteroatoms. The number of morpholine rings is 1. The van der Waals surface area contributed by atoms with Crippen molar-refractivity contribution in [3.05, 3.63) is 6.33 Å². The van der Waals surface area contributed by atoms with Gasteiger partial charge in [0.05, 0.1) is 13.2 Å². The van der Waals surface area contributed by atoms with Gasteiger partial charge in [-0.05, 0) is 20.8 Å². The summed E-state index contributed by atoms with van der Waals surface area (Å²) in [6.07, 6.45) is 1.55.